The van der Waals surface area contributed by atoms with Crippen molar-refractivity contribution in [2.24, 2.45) is 0 Å². The SMILES string of the molecule is CCOc1c(Br)cc(CNCCCOC)cc1Br. The Kier molecular flexibility index (Phi) is 7.90. The lowest BCUT2D eigenvalue weighted by atomic mass is 10.2. The predicted octanol–water partition coefficient (Wildman–Crippen LogP) is 3.74. The minimum atomic E-state index is 0.659. The molecule has 0 heterocycles. The van der Waals surface area contributed by atoms with Gasteiger partial charge in [0.1, 0.15) is 5.75 Å². The molecule has 1 rings (SSSR count). The summed E-state index contributed by atoms with van der Waals surface area (Å²) in [6.07, 6.45) is 1.02. The summed E-state index contributed by atoms with van der Waals surface area (Å²) in [5.74, 6) is 0.862. The van der Waals surface area contributed by atoms with E-state index in [1.807, 2.05) is 6.92 Å². The quantitative estimate of drug-likeness (QED) is 0.697. The minimum absolute atomic E-state index is 0.659. The van der Waals surface area contributed by atoms with Crippen molar-refractivity contribution in [1.29, 1.82) is 0 Å². The van der Waals surface area contributed by atoms with Crippen LogP contribution in [-0.2, 0) is 11.3 Å². The van der Waals surface area contributed by atoms with E-state index in [1.165, 1.54) is 5.56 Å². The number of nitrogens with one attached hydrogen (secondary N) is 1. The lowest BCUT2D eigenvalue weighted by Gasteiger charge is -2.11. The molecule has 0 aliphatic rings. The maximum Gasteiger partial charge on any atom is 0.147 e. The molecule has 102 valence electrons. The van der Waals surface area contributed by atoms with Gasteiger partial charge in [-0.05, 0) is 69.4 Å². The summed E-state index contributed by atoms with van der Waals surface area (Å²) in [4.78, 5) is 0. The van der Waals surface area contributed by atoms with Gasteiger partial charge >= 0.3 is 0 Å². The summed E-state index contributed by atoms with van der Waals surface area (Å²) >= 11 is 7.06. The molecule has 0 atom stereocenters. The van der Waals surface area contributed by atoms with Crippen LogP contribution in [0, 0.1) is 0 Å². The molecule has 0 bridgehead atoms. The number of halogens is 2. The van der Waals surface area contributed by atoms with Crippen LogP contribution < -0.4 is 10.1 Å². The topological polar surface area (TPSA) is 30.5 Å². The zero-order valence-corrected chi connectivity index (χ0v) is 13.9. The molecule has 0 spiro atoms. The van der Waals surface area contributed by atoms with Crippen LogP contribution in [-0.4, -0.2) is 26.9 Å². The van der Waals surface area contributed by atoms with Crippen LogP contribution in [0.15, 0.2) is 21.1 Å². The molecule has 0 saturated heterocycles. The highest BCUT2D eigenvalue weighted by molar-refractivity contribution is 9.11. The average molecular weight is 381 g/mol. The van der Waals surface area contributed by atoms with Crippen LogP contribution in [0.25, 0.3) is 0 Å². The first-order valence-corrected chi connectivity index (χ1v) is 7.58. The lowest BCUT2D eigenvalue weighted by molar-refractivity contribution is 0.194. The van der Waals surface area contributed by atoms with E-state index in [2.05, 4.69) is 49.3 Å². The molecule has 18 heavy (non-hydrogen) atoms. The number of rotatable bonds is 8. The summed E-state index contributed by atoms with van der Waals surface area (Å²) < 4.78 is 12.5. The summed E-state index contributed by atoms with van der Waals surface area (Å²) in [6, 6.07) is 4.16. The molecular formula is C13H19Br2NO2. The fourth-order valence-corrected chi connectivity index (χ4v) is 3.08. The van der Waals surface area contributed by atoms with Gasteiger partial charge in [-0.2, -0.15) is 0 Å². The first kappa shape index (κ1) is 16.0. The van der Waals surface area contributed by atoms with E-state index < -0.39 is 0 Å². The van der Waals surface area contributed by atoms with Gasteiger partial charge in [0, 0.05) is 20.3 Å². The van der Waals surface area contributed by atoms with E-state index in [1.54, 1.807) is 7.11 Å². The summed E-state index contributed by atoms with van der Waals surface area (Å²) in [6.45, 7) is 5.23. The second-order valence-electron chi connectivity index (χ2n) is 3.84. The number of methoxy groups -OCH3 is 1. The van der Waals surface area contributed by atoms with E-state index in [9.17, 15) is 0 Å². The first-order valence-electron chi connectivity index (χ1n) is 5.99. The maximum atomic E-state index is 5.55. The van der Waals surface area contributed by atoms with Gasteiger partial charge in [0.15, 0.2) is 0 Å². The molecule has 0 aliphatic carbocycles. The van der Waals surface area contributed by atoms with Gasteiger partial charge in [-0.1, -0.05) is 0 Å². The smallest absolute Gasteiger partial charge is 0.147 e. The minimum Gasteiger partial charge on any atom is -0.492 e. The van der Waals surface area contributed by atoms with Crippen LogP contribution in [0.3, 0.4) is 0 Å². The van der Waals surface area contributed by atoms with Crippen molar-refractivity contribution >= 4 is 31.9 Å². The van der Waals surface area contributed by atoms with E-state index >= 15 is 0 Å². The van der Waals surface area contributed by atoms with Crippen molar-refractivity contribution in [1.82, 2.24) is 5.32 Å². The Morgan fingerprint density at radius 1 is 1.22 bits per heavy atom. The highest BCUT2D eigenvalue weighted by Gasteiger charge is 2.08. The number of ether oxygens (including phenoxy) is 2. The molecule has 0 unspecified atom stereocenters. The molecule has 5 heteroatoms. The van der Waals surface area contributed by atoms with Gasteiger partial charge in [0.25, 0.3) is 0 Å². The van der Waals surface area contributed by atoms with Crippen LogP contribution in [0.1, 0.15) is 18.9 Å². The first-order chi connectivity index (χ1) is 8.69. The van der Waals surface area contributed by atoms with E-state index in [0.717, 1.165) is 40.8 Å². The molecule has 1 aromatic rings. The standard InChI is InChI=1S/C13H19Br2NO2/c1-3-18-13-11(14)7-10(8-12(13)15)9-16-5-4-6-17-2/h7-8,16H,3-6,9H2,1-2H3. The molecule has 0 aromatic heterocycles. The zero-order chi connectivity index (χ0) is 13.4. The fourth-order valence-electron chi connectivity index (χ4n) is 1.57. The van der Waals surface area contributed by atoms with Crippen molar-refractivity contribution in [3.63, 3.8) is 0 Å². The van der Waals surface area contributed by atoms with Gasteiger partial charge in [-0.3, -0.25) is 0 Å². The average Bonchev–Trinajstić information content (AvgIpc) is 2.33. The van der Waals surface area contributed by atoms with Crippen molar-refractivity contribution < 1.29 is 9.47 Å². The second kappa shape index (κ2) is 8.91. The van der Waals surface area contributed by atoms with Crippen LogP contribution in [0.5, 0.6) is 5.75 Å². The highest BCUT2D eigenvalue weighted by atomic mass is 79.9. The Morgan fingerprint density at radius 3 is 2.44 bits per heavy atom. The third-order valence-electron chi connectivity index (χ3n) is 2.38. The van der Waals surface area contributed by atoms with E-state index in [4.69, 9.17) is 9.47 Å². The van der Waals surface area contributed by atoms with Crippen molar-refractivity contribution in [2.75, 3.05) is 26.9 Å². The summed E-state index contributed by atoms with van der Waals surface area (Å²) in [7, 11) is 1.72. The Bertz CT molecular complexity index is 349. The summed E-state index contributed by atoms with van der Waals surface area (Å²) in [5, 5.41) is 3.38. The Hall–Kier alpha value is -0.100. The van der Waals surface area contributed by atoms with Crippen LogP contribution >= 0.6 is 31.9 Å². The predicted molar refractivity (Wildman–Crippen MR) is 81.2 cm³/mol. The monoisotopic (exact) mass is 379 g/mol. The number of hydrogen-bond acceptors (Lipinski definition) is 3. The summed E-state index contributed by atoms with van der Waals surface area (Å²) in [5.41, 5.74) is 1.22. The second-order valence-corrected chi connectivity index (χ2v) is 5.55. The molecule has 3 nitrogen and oxygen atoms in total. The van der Waals surface area contributed by atoms with E-state index in [-0.39, 0.29) is 0 Å². The largest absolute Gasteiger partial charge is 0.492 e. The molecule has 0 amide bonds. The highest BCUT2D eigenvalue weighted by Crippen LogP contribution is 2.34. The van der Waals surface area contributed by atoms with Crippen molar-refractivity contribution in [3.8, 4) is 5.75 Å². The Labute approximate surface area is 125 Å². The lowest BCUT2D eigenvalue weighted by Crippen LogP contribution is -2.16. The normalized spacial score (nSPS) is 10.7. The van der Waals surface area contributed by atoms with Gasteiger partial charge in [0.2, 0.25) is 0 Å². The van der Waals surface area contributed by atoms with Crippen LogP contribution in [0.2, 0.25) is 0 Å². The van der Waals surface area contributed by atoms with Gasteiger partial charge < -0.3 is 14.8 Å². The van der Waals surface area contributed by atoms with E-state index in [0.29, 0.717) is 6.61 Å². The van der Waals surface area contributed by atoms with Gasteiger partial charge in [-0.15, -0.1) is 0 Å². The molecule has 0 radical (unpaired) electrons. The van der Waals surface area contributed by atoms with Crippen LogP contribution in [0.4, 0.5) is 0 Å². The van der Waals surface area contributed by atoms with Gasteiger partial charge in [0.05, 0.1) is 15.6 Å². The molecule has 0 fully saturated rings. The van der Waals surface area contributed by atoms with Gasteiger partial charge in [-0.25, -0.2) is 0 Å². The Balaban J connectivity index is 2.52. The third-order valence-corrected chi connectivity index (χ3v) is 3.56. The fraction of sp³-hybridized carbons (Fsp3) is 0.538. The molecule has 0 saturated carbocycles. The maximum absolute atomic E-state index is 5.55. The molecule has 0 aliphatic heterocycles. The molecular weight excluding hydrogens is 362 g/mol. The third kappa shape index (κ3) is 5.26. The van der Waals surface area contributed by atoms with Crippen molar-refractivity contribution in [3.05, 3.63) is 26.6 Å². The Morgan fingerprint density at radius 2 is 1.89 bits per heavy atom. The molecule has 1 aromatic carbocycles. The van der Waals surface area contributed by atoms with Crippen molar-refractivity contribution in [2.45, 2.75) is 19.9 Å². The molecule has 1 N–H and O–H groups in total. The zero-order valence-electron chi connectivity index (χ0n) is 10.8. The number of hydrogen-bond donors (Lipinski definition) is 1. The number of benzene rings is 1.